The molecule has 1 atom stereocenters. The molecule has 3 aromatic rings. The van der Waals surface area contributed by atoms with Gasteiger partial charge in [0.1, 0.15) is 6.10 Å². The van der Waals surface area contributed by atoms with Crippen molar-refractivity contribution >= 4 is 16.1 Å². The van der Waals surface area contributed by atoms with Crippen LogP contribution < -0.4 is 4.72 Å². The molecule has 11 heteroatoms. The standard InChI is InChI=1S/C26H26F3N3O4S/c1-18-9-11-19(12-10-18)23-17-24(26(27,28)29)30-32(23)20-13-15-22(16-14-20)37(34,35)31-25(33)36-21-7-5-3-2-4-6-8-21/h5,7,9-17,21H,2-4,6,8H2,1H3,(H,31,33)/b7-5+. The molecule has 196 valence electrons. The monoisotopic (exact) mass is 533 g/mol. The van der Waals surface area contributed by atoms with E-state index >= 15 is 0 Å². The minimum Gasteiger partial charge on any atom is -0.441 e. The predicted molar refractivity (Wildman–Crippen MR) is 132 cm³/mol. The number of hydrogen-bond acceptors (Lipinski definition) is 5. The summed E-state index contributed by atoms with van der Waals surface area (Å²) < 4.78 is 73.9. The van der Waals surface area contributed by atoms with E-state index in [1.165, 1.54) is 24.3 Å². The van der Waals surface area contributed by atoms with Crippen molar-refractivity contribution in [2.45, 2.75) is 56.2 Å². The summed E-state index contributed by atoms with van der Waals surface area (Å²) in [5.74, 6) is 0. The summed E-state index contributed by atoms with van der Waals surface area (Å²) in [6.07, 6.45) is 1.80. The lowest BCUT2D eigenvalue weighted by Gasteiger charge is -2.16. The zero-order valence-electron chi connectivity index (χ0n) is 20.0. The Morgan fingerprint density at radius 3 is 2.43 bits per heavy atom. The van der Waals surface area contributed by atoms with E-state index in [0.29, 0.717) is 12.0 Å². The van der Waals surface area contributed by atoms with Gasteiger partial charge in [0, 0.05) is 5.56 Å². The maximum Gasteiger partial charge on any atom is 0.435 e. The number of ether oxygens (including phenoxy) is 1. The summed E-state index contributed by atoms with van der Waals surface area (Å²) in [4.78, 5) is 12.0. The molecule has 37 heavy (non-hydrogen) atoms. The highest BCUT2D eigenvalue weighted by molar-refractivity contribution is 7.90. The van der Waals surface area contributed by atoms with Crippen LogP contribution in [-0.4, -0.2) is 30.4 Å². The molecule has 1 aromatic heterocycles. The fourth-order valence-electron chi connectivity index (χ4n) is 3.97. The van der Waals surface area contributed by atoms with Crippen LogP contribution in [0.2, 0.25) is 0 Å². The van der Waals surface area contributed by atoms with Gasteiger partial charge < -0.3 is 4.74 Å². The van der Waals surface area contributed by atoms with E-state index in [2.05, 4.69) is 5.10 Å². The summed E-state index contributed by atoms with van der Waals surface area (Å²) >= 11 is 0. The van der Waals surface area contributed by atoms with Gasteiger partial charge >= 0.3 is 12.3 Å². The van der Waals surface area contributed by atoms with E-state index < -0.39 is 34.1 Å². The van der Waals surface area contributed by atoms with Crippen LogP contribution in [-0.2, 0) is 20.9 Å². The Morgan fingerprint density at radius 2 is 1.76 bits per heavy atom. The Kier molecular flexibility index (Phi) is 7.72. The number of benzene rings is 2. The van der Waals surface area contributed by atoms with Crippen molar-refractivity contribution in [3.05, 3.63) is 78.0 Å². The van der Waals surface area contributed by atoms with Crippen molar-refractivity contribution in [1.29, 1.82) is 0 Å². The SMILES string of the molecule is Cc1ccc(-c2cc(C(F)(F)F)nn2-c2ccc(S(=O)(=O)NC(=O)OC3/C=C/CCCCC3)cc2)cc1. The van der Waals surface area contributed by atoms with Gasteiger partial charge in [-0.05, 0) is 69.0 Å². The van der Waals surface area contributed by atoms with Crippen LogP contribution in [0.3, 0.4) is 0 Å². The largest absolute Gasteiger partial charge is 0.441 e. The lowest BCUT2D eigenvalue weighted by molar-refractivity contribution is -0.141. The molecule has 2 aromatic carbocycles. The number of alkyl halides is 3. The predicted octanol–water partition coefficient (Wildman–Crippen LogP) is 6.17. The van der Waals surface area contributed by atoms with Crippen LogP contribution in [0.5, 0.6) is 0 Å². The number of amides is 1. The summed E-state index contributed by atoms with van der Waals surface area (Å²) in [6, 6.07) is 12.9. The molecule has 1 heterocycles. The van der Waals surface area contributed by atoms with Crippen LogP contribution in [0, 0.1) is 6.92 Å². The number of rotatable bonds is 5. The molecule has 0 saturated heterocycles. The first kappa shape index (κ1) is 26.5. The van der Waals surface area contributed by atoms with E-state index in [4.69, 9.17) is 4.74 Å². The van der Waals surface area contributed by atoms with Gasteiger partial charge in [-0.3, -0.25) is 0 Å². The molecule has 0 saturated carbocycles. The lowest BCUT2D eigenvalue weighted by Crippen LogP contribution is -2.33. The van der Waals surface area contributed by atoms with Gasteiger partial charge in [-0.25, -0.2) is 22.6 Å². The van der Waals surface area contributed by atoms with Crippen molar-refractivity contribution in [1.82, 2.24) is 14.5 Å². The van der Waals surface area contributed by atoms with Gasteiger partial charge in [0.2, 0.25) is 0 Å². The second-order valence-electron chi connectivity index (χ2n) is 8.80. The van der Waals surface area contributed by atoms with Gasteiger partial charge in [0.05, 0.1) is 16.3 Å². The number of sulfonamides is 1. The molecule has 7 nitrogen and oxygen atoms in total. The molecule has 1 aliphatic carbocycles. The van der Waals surface area contributed by atoms with E-state index in [0.717, 1.165) is 42.0 Å². The molecule has 4 rings (SSSR count). The zero-order valence-corrected chi connectivity index (χ0v) is 20.8. The Balaban J connectivity index is 1.56. The quantitative estimate of drug-likeness (QED) is 0.396. The molecule has 1 aliphatic rings. The van der Waals surface area contributed by atoms with E-state index in [9.17, 15) is 26.4 Å². The smallest absolute Gasteiger partial charge is 0.435 e. The van der Waals surface area contributed by atoms with Crippen molar-refractivity contribution in [3.8, 4) is 16.9 Å². The third kappa shape index (κ3) is 6.59. The number of halogens is 3. The molecular weight excluding hydrogens is 507 g/mol. The molecule has 0 bridgehead atoms. The minimum atomic E-state index is -4.66. The van der Waals surface area contributed by atoms with Crippen molar-refractivity contribution in [3.63, 3.8) is 0 Å². The van der Waals surface area contributed by atoms with Gasteiger partial charge in [0.15, 0.2) is 5.69 Å². The van der Waals surface area contributed by atoms with Gasteiger partial charge in [-0.1, -0.05) is 42.3 Å². The fourth-order valence-corrected chi connectivity index (χ4v) is 4.85. The Bertz CT molecular complexity index is 1380. The number of carbonyl (C=O) groups excluding carboxylic acids is 1. The number of allylic oxidation sites excluding steroid dienone is 1. The number of aryl methyl sites for hydroxylation is 1. The number of hydrogen-bond donors (Lipinski definition) is 1. The first-order valence-electron chi connectivity index (χ1n) is 11.8. The Morgan fingerprint density at radius 1 is 1.05 bits per heavy atom. The lowest BCUT2D eigenvalue weighted by atomic mass is 10.0. The zero-order chi connectivity index (χ0) is 26.6. The van der Waals surface area contributed by atoms with Gasteiger partial charge in [0.25, 0.3) is 10.0 Å². The van der Waals surface area contributed by atoms with Crippen molar-refractivity contribution in [2.24, 2.45) is 0 Å². The number of carbonyl (C=O) groups is 1. The van der Waals surface area contributed by atoms with Crippen LogP contribution in [0.1, 0.15) is 43.4 Å². The third-order valence-electron chi connectivity index (χ3n) is 5.92. The summed E-state index contributed by atoms with van der Waals surface area (Å²) in [5.41, 5.74) is 0.784. The highest BCUT2D eigenvalue weighted by atomic mass is 32.2. The summed E-state index contributed by atoms with van der Waals surface area (Å²) in [5, 5.41) is 3.72. The van der Waals surface area contributed by atoms with Gasteiger partial charge in [-0.2, -0.15) is 18.3 Å². The fraction of sp³-hybridized carbons (Fsp3) is 0.308. The Hall–Kier alpha value is -3.60. The molecule has 0 spiro atoms. The number of aromatic nitrogens is 2. The molecule has 1 unspecified atom stereocenters. The van der Waals surface area contributed by atoms with Crippen LogP contribution in [0.25, 0.3) is 16.9 Å². The Labute approximate surface area is 213 Å². The molecule has 1 amide bonds. The third-order valence-corrected chi connectivity index (χ3v) is 7.25. The van der Waals surface area contributed by atoms with E-state index in [1.54, 1.807) is 30.3 Å². The maximum absolute atomic E-state index is 13.4. The first-order valence-corrected chi connectivity index (χ1v) is 13.3. The normalized spacial score (nSPS) is 17.5. The highest BCUT2D eigenvalue weighted by Gasteiger charge is 2.35. The molecule has 0 aliphatic heterocycles. The van der Waals surface area contributed by atoms with E-state index in [1.807, 2.05) is 17.7 Å². The van der Waals surface area contributed by atoms with Crippen molar-refractivity contribution in [2.75, 3.05) is 0 Å². The number of nitrogens with one attached hydrogen (secondary N) is 1. The topological polar surface area (TPSA) is 90.3 Å². The second-order valence-corrected chi connectivity index (χ2v) is 10.5. The summed E-state index contributed by atoms with van der Waals surface area (Å²) in [6.45, 7) is 1.86. The minimum absolute atomic E-state index is 0.192. The molecular formula is C26H26F3N3O4S. The molecule has 0 fully saturated rings. The summed E-state index contributed by atoms with van der Waals surface area (Å²) in [7, 11) is -4.27. The molecule has 0 radical (unpaired) electrons. The second kappa shape index (κ2) is 10.8. The first-order chi connectivity index (χ1) is 17.5. The average Bonchev–Trinajstić information content (AvgIpc) is 3.27. The van der Waals surface area contributed by atoms with Crippen LogP contribution in [0.15, 0.2) is 71.6 Å². The van der Waals surface area contributed by atoms with Gasteiger partial charge in [-0.15, -0.1) is 0 Å². The van der Waals surface area contributed by atoms with Crippen molar-refractivity contribution < 1.29 is 31.1 Å². The highest BCUT2D eigenvalue weighted by Crippen LogP contribution is 2.33. The van der Waals surface area contributed by atoms with E-state index in [-0.39, 0.29) is 16.3 Å². The maximum atomic E-state index is 13.4. The van der Waals surface area contributed by atoms with Crippen LogP contribution in [0.4, 0.5) is 18.0 Å². The molecule has 1 N–H and O–H groups in total. The average molecular weight is 534 g/mol. The van der Waals surface area contributed by atoms with Crippen LogP contribution >= 0.6 is 0 Å². The number of nitrogens with zero attached hydrogens (tertiary/aromatic N) is 2.